The van der Waals surface area contributed by atoms with Crippen molar-refractivity contribution in [1.29, 1.82) is 0 Å². The van der Waals surface area contributed by atoms with Crippen molar-refractivity contribution in [3.8, 4) is 0 Å². The molecule has 0 aromatic rings. The van der Waals surface area contributed by atoms with Crippen LogP contribution in [0.15, 0.2) is 0 Å². The number of primary amides is 1. The van der Waals surface area contributed by atoms with Crippen molar-refractivity contribution in [3.63, 3.8) is 0 Å². The van der Waals surface area contributed by atoms with E-state index in [-0.39, 0.29) is 12.6 Å². The Kier molecular flexibility index (Phi) is 2.11. The van der Waals surface area contributed by atoms with Gasteiger partial charge in [0.2, 0.25) is 0 Å². The fourth-order valence-corrected chi connectivity index (χ4v) is 1.32. The van der Waals surface area contributed by atoms with Crippen molar-refractivity contribution < 1.29 is 9.90 Å². The Bertz CT molecular complexity index is 138. The first-order valence-electron chi connectivity index (χ1n) is 3.42. The minimum atomic E-state index is -0.420. The van der Waals surface area contributed by atoms with E-state index in [4.69, 9.17) is 10.8 Å². The van der Waals surface area contributed by atoms with Gasteiger partial charge in [-0.25, -0.2) is 4.79 Å². The third kappa shape index (κ3) is 1.21. The van der Waals surface area contributed by atoms with E-state index in [9.17, 15) is 4.79 Å². The first kappa shape index (κ1) is 7.34. The number of hydrogen-bond acceptors (Lipinski definition) is 2. The quantitative estimate of drug-likeness (QED) is 0.522. The second-order valence-electron chi connectivity index (χ2n) is 2.51. The molecule has 4 heteroatoms. The van der Waals surface area contributed by atoms with Crippen LogP contribution in [0.25, 0.3) is 0 Å². The Balaban J connectivity index is 2.50. The fourth-order valence-electron chi connectivity index (χ4n) is 1.32. The van der Waals surface area contributed by atoms with Crippen LogP contribution in [0.5, 0.6) is 0 Å². The Hall–Kier alpha value is -0.770. The van der Waals surface area contributed by atoms with Gasteiger partial charge in [-0.15, -0.1) is 0 Å². The lowest BCUT2D eigenvalue weighted by Gasteiger charge is -2.19. The first-order valence-corrected chi connectivity index (χ1v) is 3.42. The van der Waals surface area contributed by atoms with Gasteiger partial charge in [0, 0.05) is 6.54 Å². The topological polar surface area (TPSA) is 66.6 Å². The Morgan fingerprint density at radius 3 is 2.90 bits per heavy atom. The minimum absolute atomic E-state index is 0.0301. The number of carbonyl (C=O) groups excluding carboxylic acids is 1. The summed E-state index contributed by atoms with van der Waals surface area (Å²) in [5.74, 6) is 0. The lowest BCUT2D eigenvalue weighted by Crippen LogP contribution is -2.41. The van der Waals surface area contributed by atoms with Gasteiger partial charge in [-0.05, 0) is 12.8 Å². The van der Waals surface area contributed by atoms with Gasteiger partial charge in [0.15, 0.2) is 0 Å². The number of aliphatic hydroxyl groups excluding tert-OH is 1. The zero-order chi connectivity index (χ0) is 7.56. The van der Waals surface area contributed by atoms with E-state index in [1.807, 2.05) is 0 Å². The van der Waals surface area contributed by atoms with Crippen LogP contribution in [0, 0.1) is 0 Å². The number of hydrogen-bond donors (Lipinski definition) is 2. The molecule has 0 spiro atoms. The highest BCUT2D eigenvalue weighted by atomic mass is 16.3. The van der Waals surface area contributed by atoms with Crippen molar-refractivity contribution >= 4 is 6.03 Å². The summed E-state index contributed by atoms with van der Waals surface area (Å²) in [7, 11) is 0. The van der Waals surface area contributed by atoms with Crippen LogP contribution < -0.4 is 5.73 Å². The Morgan fingerprint density at radius 2 is 2.50 bits per heavy atom. The normalized spacial score (nSPS) is 25.3. The molecule has 1 aliphatic rings. The van der Waals surface area contributed by atoms with E-state index in [1.165, 1.54) is 4.90 Å². The number of nitrogens with two attached hydrogens (primary N) is 1. The lowest BCUT2D eigenvalue weighted by molar-refractivity contribution is 0.163. The van der Waals surface area contributed by atoms with Gasteiger partial charge in [-0.1, -0.05) is 0 Å². The highest BCUT2D eigenvalue weighted by Gasteiger charge is 2.25. The van der Waals surface area contributed by atoms with Crippen LogP contribution in [-0.2, 0) is 0 Å². The van der Waals surface area contributed by atoms with Crippen molar-refractivity contribution in [2.75, 3.05) is 13.2 Å². The maximum atomic E-state index is 10.6. The van der Waals surface area contributed by atoms with Gasteiger partial charge in [-0.3, -0.25) is 0 Å². The summed E-state index contributed by atoms with van der Waals surface area (Å²) < 4.78 is 0. The van der Waals surface area contributed by atoms with Crippen LogP contribution >= 0.6 is 0 Å². The van der Waals surface area contributed by atoms with Crippen molar-refractivity contribution in [2.24, 2.45) is 5.73 Å². The fraction of sp³-hybridized carbons (Fsp3) is 0.833. The van der Waals surface area contributed by atoms with Crippen LogP contribution in [0.4, 0.5) is 4.79 Å². The standard InChI is InChI=1S/C6H12N2O2/c7-6(10)8-3-1-2-5(8)4-9/h5,9H,1-4H2,(H2,7,10)/t5-/m1/s1. The zero-order valence-corrected chi connectivity index (χ0v) is 5.79. The number of likely N-dealkylation sites (tertiary alicyclic amines) is 1. The molecular weight excluding hydrogens is 132 g/mol. The molecule has 0 aromatic heterocycles. The van der Waals surface area contributed by atoms with Crippen molar-refractivity contribution in [2.45, 2.75) is 18.9 Å². The van der Waals surface area contributed by atoms with Crippen molar-refractivity contribution in [3.05, 3.63) is 0 Å². The molecule has 10 heavy (non-hydrogen) atoms. The third-order valence-corrected chi connectivity index (χ3v) is 1.87. The van der Waals surface area contributed by atoms with E-state index in [0.717, 1.165) is 12.8 Å². The molecule has 0 bridgehead atoms. The highest BCUT2D eigenvalue weighted by molar-refractivity contribution is 5.72. The molecule has 4 nitrogen and oxygen atoms in total. The van der Waals surface area contributed by atoms with Crippen LogP contribution in [-0.4, -0.2) is 35.2 Å². The smallest absolute Gasteiger partial charge is 0.315 e. The summed E-state index contributed by atoms with van der Waals surface area (Å²) in [6.07, 6.45) is 1.83. The largest absolute Gasteiger partial charge is 0.394 e. The molecule has 0 radical (unpaired) electrons. The summed E-state index contributed by atoms with van der Waals surface area (Å²) in [6.45, 7) is 0.726. The molecule has 0 saturated carbocycles. The molecule has 1 atom stereocenters. The van der Waals surface area contributed by atoms with Crippen molar-refractivity contribution in [1.82, 2.24) is 4.90 Å². The summed E-state index contributed by atoms with van der Waals surface area (Å²) in [5, 5.41) is 8.74. The molecule has 1 fully saturated rings. The zero-order valence-electron chi connectivity index (χ0n) is 5.79. The molecule has 58 valence electrons. The van der Waals surface area contributed by atoms with Gasteiger partial charge in [-0.2, -0.15) is 0 Å². The summed E-state index contributed by atoms with van der Waals surface area (Å²) in [5.41, 5.74) is 5.04. The molecule has 0 aromatic carbocycles. The predicted molar refractivity (Wildman–Crippen MR) is 36.4 cm³/mol. The predicted octanol–water partition coefficient (Wildman–Crippen LogP) is -0.478. The summed E-state index contributed by atoms with van der Waals surface area (Å²) >= 11 is 0. The summed E-state index contributed by atoms with van der Waals surface area (Å²) in [6, 6.07) is -0.450. The van der Waals surface area contributed by atoms with E-state index < -0.39 is 6.03 Å². The number of urea groups is 1. The molecular formula is C6H12N2O2. The average molecular weight is 144 g/mol. The van der Waals surface area contributed by atoms with E-state index in [0.29, 0.717) is 6.54 Å². The monoisotopic (exact) mass is 144 g/mol. The summed E-state index contributed by atoms with van der Waals surface area (Å²) in [4.78, 5) is 12.1. The van der Waals surface area contributed by atoms with Crippen LogP contribution in [0.2, 0.25) is 0 Å². The van der Waals surface area contributed by atoms with Gasteiger partial charge in [0.05, 0.1) is 12.6 Å². The molecule has 1 aliphatic heterocycles. The molecule has 1 saturated heterocycles. The van der Waals surface area contributed by atoms with Crippen LogP contribution in [0.1, 0.15) is 12.8 Å². The third-order valence-electron chi connectivity index (χ3n) is 1.87. The SMILES string of the molecule is NC(=O)N1CCC[C@@H]1CO. The number of carbonyl (C=O) groups is 1. The minimum Gasteiger partial charge on any atom is -0.394 e. The Labute approximate surface area is 59.6 Å². The second kappa shape index (κ2) is 2.88. The number of rotatable bonds is 1. The highest BCUT2D eigenvalue weighted by Crippen LogP contribution is 2.15. The van der Waals surface area contributed by atoms with Gasteiger partial charge < -0.3 is 15.7 Å². The average Bonchev–Trinajstić information content (AvgIpc) is 2.33. The Morgan fingerprint density at radius 1 is 1.80 bits per heavy atom. The lowest BCUT2D eigenvalue weighted by atomic mass is 10.2. The maximum Gasteiger partial charge on any atom is 0.315 e. The maximum absolute atomic E-state index is 10.6. The van der Waals surface area contributed by atoms with E-state index in [1.54, 1.807) is 0 Å². The molecule has 1 rings (SSSR count). The van der Waals surface area contributed by atoms with E-state index in [2.05, 4.69) is 0 Å². The molecule has 2 amide bonds. The van der Waals surface area contributed by atoms with Gasteiger partial charge >= 0.3 is 6.03 Å². The molecule has 0 unspecified atom stereocenters. The number of nitrogens with zero attached hydrogens (tertiary/aromatic N) is 1. The molecule has 0 aliphatic carbocycles. The van der Waals surface area contributed by atoms with Gasteiger partial charge in [0.25, 0.3) is 0 Å². The van der Waals surface area contributed by atoms with Gasteiger partial charge in [0.1, 0.15) is 0 Å². The second-order valence-corrected chi connectivity index (χ2v) is 2.51. The first-order chi connectivity index (χ1) is 4.75. The number of aliphatic hydroxyl groups is 1. The van der Waals surface area contributed by atoms with Crippen LogP contribution in [0.3, 0.4) is 0 Å². The van der Waals surface area contributed by atoms with E-state index >= 15 is 0 Å². The molecule has 1 heterocycles. The number of amides is 2. The molecule has 3 N–H and O–H groups in total.